The number of benzene rings is 1. The quantitative estimate of drug-likeness (QED) is 0.810. The first-order valence-electron chi connectivity index (χ1n) is 8.02. The summed E-state index contributed by atoms with van der Waals surface area (Å²) < 4.78 is 5.55. The Balaban J connectivity index is 1.84. The maximum absolute atomic E-state index is 12.3. The third-order valence-electron chi connectivity index (χ3n) is 4.13. The first-order chi connectivity index (χ1) is 11.4. The van der Waals surface area contributed by atoms with E-state index < -0.39 is 6.10 Å². The van der Waals surface area contributed by atoms with Gasteiger partial charge in [-0.15, -0.1) is 0 Å². The topological polar surface area (TPSA) is 78.5 Å². The predicted octanol–water partition coefficient (Wildman–Crippen LogP) is 1.78. The van der Waals surface area contributed by atoms with Gasteiger partial charge < -0.3 is 14.7 Å². The fraction of sp³-hybridized carbons (Fsp3) is 0.444. The van der Waals surface area contributed by atoms with Gasteiger partial charge in [-0.2, -0.15) is 5.10 Å². The van der Waals surface area contributed by atoms with Crippen LogP contribution in [0.1, 0.15) is 22.5 Å². The number of aliphatic hydroxyl groups excluding tert-OH is 1. The summed E-state index contributed by atoms with van der Waals surface area (Å²) in [6.45, 7) is 6.28. The average Bonchev–Trinajstić information content (AvgIpc) is 2.89. The highest BCUT2D eigenvalue weighted by atomic mass is 16.5. The van der Waals surface area contributed by atoms with Crippen LogP contribution in [0.2, 0.25) is 0 Å². The smallest absolute Gasteiger partial charge is 0.254 e. The highest BCUT2D eigenvalue weighted by molar-refractivity contribution is 5.80. The number of carbonyl (C=O) groups is 1. The summed E-state index contributed by atoms with van der Waals surface area (Å²) in [5.41, 5.74) is 4.03. The molecule has 1 amide bonds. The van der Waals surface area contributed by atoms with Gasteiger partial charge >= 0.3 is 0 Å². The number of carbonyl (C=O) groups excluding carboxylic acids is 1. The molecule has 0 unspecified atom stereocenters. The van der Waals surface area contributed by atoms with Gasteiger partial charge in [0.1, 0.15) is 12.4 Å². The average molecular weight is 331 g/mol. The molecule has 6 heteroatoms. The molecule has 1 aromatic carbocycles. The van der Waals surface area contributed by atoms with Gasteiger partial charge in [0.2, 0.25) is 0 Å². The fourth-order valence-electron chi connectivity index (χ4n) is 2.54. The molecule has 2 N–H and O–H groups in total. The van der Waals surface area contributed by atoms with E-state index in [1.165, 1.54) is 4.90 Å². The maximum Gasteiger partial charge on any atom is 0.254 e. The van der Waals surface area contributed by atoms with E-state index in [2.05, 4.69) is 10.2 Å². The molecule has 2 rings (SSSR count). The number of aliphatic hydroxyl groups is 1. The highest BCUT2D eigenvalue weighted by Gasteiger charge is 2.21. The van der Waals surface area contributed by atoms with E-state index in [0.717, 1.165) is 22.5 Å². The molecule has 2 aromatic rings. The molecule has 0 aliphatic heterocycles. The lowest BCUT2D eigenvalue weighted by Gasteiger charge is -2.21. The number of nitrogens with one attached hydrogen (secondary N) is 1. The largest absolute Gasteiger partial charge is 0.490 e. The van der Waals surface area contributed by atoms with E-state index >= 15 is 0 Å². The molecule has 130 valence electrons. The van der Waals surface area contributed by atoms with Gasteiger partial charge in [-0.25, -0.2) is 0 Å². The Bertz CT molecular complexity index is 677. The van der Waals surface area contributed by atoms with Crippen molar-refractivity contribution in [1.29, 1.82) is 0 Å². The van der Waals surface area contributed by atoms with Crippen molar-refractivity contribution in [3.8, 4) is 5.75 Å². The third kappa shape index (κ3) is 4.35. The summed E-state index contributed by atoms with van der Waals surface area (Å²) in [6, 6.07) is 7.52. The Hall–Kier alpha value is -2.34. The van der Waals surface area contributed by atoms with Gasteiger partial charge in [-0.1, -0.05) is 18.2 Å². The summed E-state index contributed by atoms with van der Waals surface area (Å²) in [5, 5.41) is 17.2. The van der Waals surface area contributed by atoms with Crippen LogP contribution in [0, 0.1) is 20.8 Å². The molecule has 0 fully saturated rings. The molecule has 24 heavy (non-hydrogen) atoms. The van der Waals surface area contributed by atoms with Crippen LogP contribution in [0.25, 0.3) is 0 Å². The molecule has 0 aliphatic rings. The zero-order valence-corrected chi connectivity index (χ0v) is 14.7. The molecule has 0 saturated heterocycles. The van der Waals surface area contributed by atoms with Crippen molar-refractivity contribution in [2.24, 2.45) is 0 Å². The van der Waals surface area contributed by atoms with E-state index in [0.29, 0.717) is 18.7 Å². The summed E-state index contributed by atoms with van der Waals surface area (Å²) in [7, 11) is 1.68. The van der Waals surface area contributed by atoms with Crippen LogP contribution in [0.15, 0.2) is 24.3 Å². The molecule has 0 aliphatic carbocycles. The Labute approximate surface area is 142 Å². The number of H-pyrrole nitrogens is 1. The molecule has 1 atom stereocenters. The number of aromatic amines is 1. The highest BCUT2D eigenvalue weighted by Crippen LogP contribution is 2.16. The number of hydrogen-bond acceptors (Lipinski definition) is 4. The molecular weight excluding hydrogens is 306 g/mol. The third-order valence-corrected chi connectivity index (χ3v) is 4.13. The molecule has 6 nitrogen and oxygen atoms in total. The molecule has 1 heterocycles. The van der Waals surface area contributed by atoms with Gasteiger partial charge in [0.25, 0.3) is 5.91 Å². The van der Waals surface area contributed by atoms with E-state index in [-0.39, 0.29) is 12.5 Å². The summed E-state index contributed by atoms with van der Waals surface area (Å²) in [6.07, 6.45) is -0.483. The second-order valence-electron chi connectivity index (χ2n) is 6.01. The van der Waals surface area contributed by atoms with Crippen molar-refractivity contribution < 1.29 is 14.6 Å². The zero-order chi connectivity index (χ0) is 17.7. The van der Waals surface area contributed by atoms with Crippen LogP contribution >= 0.6 is 0 Å². The van der Waals surface area contributed by atoms with Crippen molar-refractivity contribution >= 4 is 5.91 Å². The first kappa shape index (κ1) is 18.0. The van der Waals surface area contributed by atoms with Crippen molar-refractivity contribution in [1.82, 2.24) is 15.1 Å². The van der Waals surface area contributed by atoms with E-state index in [1.54, 1.807) is 7.05 Å². The Morgan fingerprint density at radius 3 is 2.67 bits per heavy atom. The number of rotatable bonds is 7. The minimum atomic E-state index is -1.18. The molecular formula is C18H25N3O3. The number of hydrogen-bond donors (Lipinski definition) is 2. The fourth-order valence-corrected chi connectivity index (χ4v) is 2.54. The van der Waals surface area contributed by atoms with Crippen molar-refractivity contribution in [3.63, 3.8) is 0 Å². The van der Waals surface area contributed by atoms with E-state index in [1.807, 2.05) is 45.0 Å². The Kier molecular flexibility index (Phi) is 5.98. The molecule has 1 aromatic heterocycles. The van der Waals surface area contributed by atoms with E-state index in [9.17, 15) is 9.90 Å². The number of aromatic nitrogens is 2. The number of ether oxygens (including phenoxy) is 1. The van der Waals surface area contributed by atoms with Crippen LogP contribution in [-0.2, 0) is 11.2 Å². The summed E-state index contributed by atoms with van der Waals surface area (Å²) in [4.78, 5) is 13.8. The second kappa shape index (κ2) is 7.97. The summed E-state index contributed by atoms with van der Waals surface area (Å²) in [5.74, 6) is 0.332. The Morgan fingerprint density at radius 2 is 2.04 bits per heavy atom. The van der Waals surface area contributed by atoms with Gasteiger partial charge in [0, 0.05) is 19.3 Å². The van der Waals surface area contributed by atoms with Crippen LogP contribution in [0.5, 0.6) is 5.75 Å². The SMILES string of the molecule is Cc1ccccc1OC[C@H](O)C(=O)N(C)CCc1c(C)n[nH]c1C. The first-order valence-corrected chi connectivity index (χ1v) is 8.02. The number of likely N-dealkylation sites (N-methyl/N-ethyl adjacent to an activating group) is 1. The monoisotopic (exact) mass is 331 g/mol. The number of nitrogens with zero attached hydrogens (tertiary/aromatic N) is 2. The minimum Gasteiger partial charge on any atom is -0.490 e. The zero-order valence-electron chi connectivity index (χ0n) is 14.7. The van der Waals surface area contributed by atoms with Crippen molar-refractivity contribution in [2.45, 2.75) is 33.3 Å². The standard InChI is InChI=1S/C18H25N3O3/c1-12-7-5-6-8-17(12)24-11-16(22)18(23)21(4)10-9-15-13(2)19-20-14(15)3/h5-8,16,22H,9-11H2,1-4H3,(H,19,20)/t16-/m0/s1. The van der Waals surface area contributed by atoms with Crippen LogP contribution < -0.4 is 4.74 Å². The summed E-state index contributed by atoms with van der Waals surface area (Å²) >= 11 is 0. The normalized spacial score (nSPS) is 12.0. The Morgan fingerprint density at radius 1 is 1.33 bits per heavy atom. The maximum atomic E-state index is 12.3. The van der Waals surface area contributed by atoms with Gasteiger partial charge in [-0.05, 0) is 44.4 Å². The molecule has 0 spiro atoms. The van der Waals surface area contributed by atoms with Crippen molar-refractivity contribution in [3.05, 3.63) is 46.8 Å². The second-order valence-corrected chi connectivity index (χ2v) is 6.01. The van der Waals surface area contributed by atoms with Crippen LogP contribution in [0.4, 0.5) is 0 Å². The van der Waals surface area contributed by atoms with E-state index in [4.69, 9.17) is 4.74 Å². The lowest BCUT2D eigenvalue weighted by Crippen LogP contribution is -2.40. The lowest BCUT2D eigenvalue weighted by molar-refractivity contribution is -0.140. The lowest BCUT2D eigenvalue weighted by atomic mass is 10.1. The minimum absolute atomic E-state index is 0.0577. The van der Waals surface area contributed by atoms with Crippen molar-refractivity contribution in [2.75, 3.05) is 20.2 Å². The molecule has 0 saturated carbocycles. The van der Waals surface area contributed by atoms with Gasteiger partial charge in [0.15, 0.2) is 6.10 Å². The number of para-hydroxylation sites is 1. The molecule has 0 radical (unpaired) electrons. The predicted molar refractivity (Wildman–Crippen MR) is 92.1 cm³/mol. The van der Waals surface area contributed by atoms with Crippen LogP contribution in [0.3, 0.4) is 0 Å². The van der Waals surface area contributed by atoms with Gasteiger partial charge in [-0.3, -0.25) is 9.89 Å². The molecule has 0 bridgehead atoms. The number of amides is 1. The number of aryl methyl sites for hydroxylation is 3. The van der Waals surface area contributed by atoms with Crippen LogP contribution in [-0.4, -0.2) is 52.4 Å². The van der Waals surface area contributed by atoms with Gasteiger partial charge in [0.05, 0.1) is 5.69 Å².